The molecule has 1 fully saturated rings. The molecule has 4 heteroatoms. The SMILES string of the molecule is CCN(Cc1ncc(-c2ccccc2)o1)C1CNC1. The van der Waals surface area contributed by atoms with Gasteiger partial charge in [-0.1, -0.05) is 37.3 Å². The summed E-state index contributed by atoms with van der Waals surface area (Å²) in [5, 5.41) is 3.30. The van der Waals surface area contributed by atoms with E-state index in [-0.39, 0.29) is 0 Å². The van der Waals surface area contributed by atoms with Crippen LogP contribution in [0.1, 0.15) is 12.8 Å². The third-order valence-electron chi connectivity index (χ3n) is 3.63. The van der Waals surface area contributed by atoms with Crippen LogP contribution in [0.15, 0.2) is 40.9 Å². The molecule has 0 radical (unpaired) electrons. The predicted octanol–water partition coefficient (Wildman–Crippen LogP) is 2.14. The fourth-order valence-corrected chi connectivity index (χ4v) is 2.32. The van der Waals surface area contributed by atoms with Crippen molar-refractivity contribution in [1.29, 1.82) is 0 Å². The summed E-state index contributed by atoms with van der Waals surface area (Å²) >= 11 is 0. The molecule has 2 aromatic rings. The summed E-state index contributed by atoms with van der Waals surface area (Å²) in [5.74, 6) is 1.64. The van der Waals surface area contributed by atoms with Crippen molar-refractivity contribution in [2.75, 3.05) is 19.6 Å². The highest BCUT2D eigenvalue weighted by atomic mass is 16.4. The lowest BCUT2D eigenvalue weighted by Gasteiger charge is -2.36. The van der Waals surface area contributed by atoms with Crippen molar-refractivity contribution in [2.24, 2.45) is 0 Å². The minimum absolute atomic E-state index is 0.622. The Morgan fingerprint density at radius 3 is 2.74 bits per heavy atom. The molecule has 1 N–H and O–H groups in total. The minimum Gasteiger partial charge on any atom is -0.439 e. The van der Waals surface area contributed by atoms with Crippen molar-refractivity contribution in [3.63, 3.8) is 0 Å². The number of likely N-dealkylation sites (N-methyl/N-ethyl adjacent to an activating group) is 1. The standard InChI is InChI=1S/C15H19N3O/c1-2-18(13-8-16-9-13)11-15-17-10-14(19-15)12-6-4-3-5-7-12/h3-7,10,13,16H,2,8-9,11H2,1H3. The number of nitrogens with zero attached hydrogens (tertiary/aromatic N) is 2. The average molecular weight is 257 g/mol. The Bertz CT molecular complexity index is 519. The second-order valence-electron chi connectivity index (χ2n) is 4.86. The van der Waals surface area contributed by atoms with Gasteiger partial charge in [-0.15, -0.1) is 0 Å². The van der Waals surface area contributed by atoms with Crippen molar-refractivity contribution in [3.8, 4) is 11.3 Å². The molecule has 2 heterocycles. The topological polar surface area (TPSA) is 41.3 Å². The van der Waals surface area contributed by atoms with Gasteiger partial charge in [-0.3, -0.25) is 4.90 Å². The van der Waals surface area contributed by atoms with Gasteiger partial charge >= 0.3 is 0 Å². The second kappa shape index (κ2) is 5.55. The van der Waals surface area contributed by atoms with Gasteiger partial charge in [-0.05, 0) is 6.54 Å². The van der Waals surface area contributed by atoms with E-state index in [1.165, 1.54) is 0 Å². The lowest BCUT2D eigenvalue weighted by atomic mass is 10.1. The third kappa shape index (κ3) is 2.69. The summed E-state index contributed by atoms with van der Waals surface area (Å²) < 4.78 is 5.85. The molecule has 1 aromatic carbocycles. The number of oxazole rings is 1. The van der Waals surface area contributed by atoms with Gasteiger partial charge in [-0.2, -0.15) is 0 Å². The Morgan fingerprint density at radius 2 is 2.11 bits per heavy atom. The lowest BCUT2D eigenvalue weighted by molar-refractivity contribution is 0.133. The number of nitrogens with one attached hydrogen (secondary N) is 1. The Balaban J connectivity index is 1.70. The molecule has 1 saturated heterocycles. The summed E-state index contributed by atoms with van der Waals surface area (Å²) in [6.07, 6.45) is 1.82. The zero-order chi connectivity index (χ0) is 13.1. The number of benzene rings is 1. The van der Waals surface area contributed by atoms with Crippen LogP contribution in [0.25, 0.3) is 11.3 Å². The van der Waals surface area contributed by atoms with Crippen LogP contribution in [0, 0.1) is 0 Å². The molecule has 0 atom stereocenters. The summed E-state index contributed by atoms with van der Waals surface area (Å²) in [7, 11) is 0. The van der Waals surface area contributed by atoms with Crippen molar-refractivity contribution >= 4 is 0 Å². The van der Waals surface area contributed by atoms with Gasteiger partial charge in [0.25, 0.3) is 0 Å². The Hall–Kier alpha value is -1.65. The molecule has 3 rings (SSSR count). The van der Waals surface area contributed by atoms with Crippen molar-refractivity contribution < 1.29 is 4.42 Å². The smallest absolute Gasteiger partial charge is 0.209 e. The first-order valence-corrected chi connectivity index (χ1v) is 6.81. The van der Waals surface area contributed by atoms with Gasteiger partial charge < -0.3 is 9.73 Å². The maximum absolute atomic E-state index is 5.85. The van der Waals surface area contributed by atoms with E-state index in [0.29, 0.717) is 6.04 Å². The molecule has 0 bridgehead atoms. The van der Waals surface area contributed by atoms with Gasteiger partial charge in [0.15, 0.2) is 5.76 Å². The summed E-state index contributed by atoms with van der Waals surface area (Å²) in [5.41, 5.74) is 1.08. The van der Waals surface area contributed by atoms with Gasteiger partial charge in [0, 0.05) is 24.7 Å². The van der Waals surface area contributed by atoms with E-state index in [1.807, 2.05) is 36.5 Å². The fraction of sp³-hybridized carbons (Fsp3) is 0.400. The predicted molar refractivity (Wildman–Crippen MR) is 74.7 cm³/mol. The molecular weight excluding hydrogens is 238 g/mol. The van der Waals surface area contributed by atoms with Crippen molar-refractivity contribution in [3.05, 3.63) is 42.4 Å². The quantitative estimate of drug-likeness (QED) is 0.891. The van der Waals surface area contributed by atoms with Gasteiger partial charge in [0.1, 0.15) is 0 Å². The molecular formula is C15H19N3O. The first-order chi connectivity index (χ1) is 9.36. The summed E-state index contributed by atoms with van der Waals surface area (Å²) in [6.45, 7) is 6.13. The van der Waals surface area contributed by atoms with Crippen LogP contribution < -0.4 is 5.32 Å². The maximum Gasteiger partial charge on any atom is 0.209 e. The van der Waals surface area contributed by atoms with Crippen LogP contribution in [-0.2, 0) is 6.54 Å². The maximum atomic E-state index is 5.85. The molecule has 19 heavy (non-hydrogen) atoms. The van der Waals surface area contributed by atoms with Crippen molar-refractivity contribution in [2.45, 2.75) is 19.5 Å². The van der Waals surface area contributed by atoms with E-state index in [4.69, 9.17) is 4.42 Å². The largest absolute Gasteiger partial charge is 0.439 e. The van der Waals surface area contributed by atoms with E-state index >= 15 is 0 Å². The number of aromatic nitrogens is 1. The second-order valence-corrected chi connectivity index (χ2v) is 4.86. The summed E-state index contributed by atoms with van der Waals surface area (Å²) in [4.78, 5) is 6.79. The van der Waals surface area contributed by atoms with Gasteiger partial charge in [0.2, 0.25) is 5.89 Å². The van der Waals surface area contributed by atoms with Crippen LogP contribution in [0.5, 0.6) is 0 Å². The fourth-order valence-electron chi connectivity index (χ4n) is 2.32. The molecule has 1 aliphatic rings. The average Bonchev–Trinajstić information content (AvgIpc) is 2.85. The van der Waals surface area contributed by atoms with Crippen LogP contribution in [0.3, 0.4) is 0 Å². The molecule has 100 valence electrons. The Labute approximate surface area is 113 Å². The highest BCUT2D eigenvalue weighted by Crippen LogP contribution is 2.21. The molecule has 0 amide bonds. The molecule has 0 aliphatic carbocycles. The van der Waals surface area contributed by atoms with Crippen LogP contribution in [0.4, 0.5) is 0 Å². The third-order valence-corrected chi connectivity index (χ3v) is 3.63. The zero-order valence-corrected chi connectivity index (χ0v) is 11.2. The first-order valence-electron chi connectivity index (χ1n) is 6.81. The van der Waals surface area contributed by atoms with Crippen LogP contribution in [-0.4, -0.2) is 35.6 Å². The highest BCUT2D eigenvalue weighted by Gasteiger charge is 2.24. The van der Waals surface area contributed by atoms with E-state index < -0.39 is 0 Å². The number of hydrogen-bond donors (Lipinski definition) is 1. The molecule has 1 aliphatic heterocycles. The number of rotatable bonds is 5. The molecule has 4 nitrogen and oxygen atoms in total. The van der Waals surface area contributed by atoms with Crippen LogP contribution in [0.2, 0.25) is 0 Å². The monoisotopic (exact) mass is 257 g/mol. The normalized spacial score (nSPS) is 15.7. The lowest BCUT2D eigenvalue weighted by Crippen LogP contribution is -2.56. The highest BCUT2D eigenvalue weighted by molar-refractivity contribution is 5.55. The van der Waals surface area contributed by atoms with Crippen molar-refractivity contribution in [1.82, 2.24) is 15.2 Å². The molecule has 0 spiro atoms. The zero-order valence-electron chi connectivity index (χ0n) is 11.2. The molecule has 0 unspecified atom stereocenters. The molecule has 1 aromatic heterocycles. The van der Waals surface area contributed by atoms with Gasteiger partial charge in [-0.25, -0.2) is 4.98 Å². The van der Waals surface area contributed by atoms with E-state index in [1.54, 1.807) is 0 Å². The number of hydrogen-bond acceptors (Lipinski definition) is 4. The molecule has 0 saturated carbocycles. The first kappa shape index (κ1) is 12.4. The Morgan fingerprint density at radius 1 is 1.32 bits per heavy atom. The Kier molecular flexibility index (Phi) is 3.62. The van der Waals surface area contributed by atoms with Crippen LogP contribution >= 0.6 is 0 Å². The summed E-state index contributed by atoms with van der Waals surface area (Å²) in [6, 6.07) is 10.7. The van der Waals surface area contributed by atoms with Gasteiger partial charge in [0.05, 0.1) is 12.7 Å². The van der Waals surface area contributed by atoms with E-state index in [0.717, 1.165) is 43.4 Å². The van der Waals surface area contributed by atoms with E-state index in [9.17, 15) is 0 Å². The minimum atomic E-state index is 0.622. The van der Waals surface area contributed by atoms with E-state index in [2.05, 4.69) is 22.1 Å².